The lowest BCUT2D eigenvalue weighted by Gasteiger charge is -2.34. The fraction of sp³-hybridized carbons (Fsp3) is 0.765. The number of nitrogens with zero attached hydrogens (tertiary/aromatic N) is 1. The second-order valence-corrected chi connectivity index (χ2v) is 7.00. The molecule has 0 saturated carbocycles. The van der Waals surface area contributed by atoms with Gasteiger partial charge in [-0.2, -0.15) is 0 Å². The van der Waals surface area contributed by atoms with E-state index in [0.717, 1.165) is 19.3 Å². The van der Waals surface area contributed by atoms with Gasteiger partial charge in [0.15, 0.2) is 11.4 Å². The Kier molecular flexibility index (Phi) is 9.21. The van der Waals surface area contributed by atoms with Crippen molar-refractivity contribution in [3.8, 4) is 0 Å². The first-order valence-electron chi connectivity index (χ1n) is 8.04. The summed E-state index contributed by atoms with van der Waals surface area (Å²) in [6, 6.07) is 0. The van der Waals surface area contributed by atoms with E-state index in [-0.39, 0.29) is 6.54 Å². The van der Waals surface area contributed by atoms with Gasteiger partial charge in [0.2, 0.25) is 0 Å². The van der Waals surface area contributed by atoms with Crippen LogP contribution >= 0.6 is 0 Å². The van der Waals surface area contributed by atoms with Crippen LogP contribution in [0.1, 0.15) is 51.9 Å². The molecule has 0 rings (SSSR count). The molecule has 0 aromatic rings. The third-order valence-corrected chi connectivity index (χ3v) is 3.37. The van der Waals surface area contributed by atoms with Crippen molar-refractivity contribution in [2.75, 3.05) is 27.7 Å². The summed E-state index contributed by atoms with van der Waals surface area (Å²) in [5, 5.41) is 21.2. The van der Waals surface area contributed by atoms with Crippen LogP contribution in [0, 0.1) is 0 Å². The summed E-state index contributed by atoms with van der Waals surface area (Å²) in [5.41, 5.74) is -1.91. The molecular weight excluding hydrogens is 282 g/mol. The number of carbonyl (C=O) groups is 2. The molecule has 0 bridgehead atoms. The van der Waals surface area contributed by atoms with Gasteiger partial charge in [0.1, 0.15) is 6.54 Å². The number of rotatable bonds is 12. The lowest BCUT2D eigenvalue weighted by molar-refractivity contribution is -0.875. The Morgan fingerprint density at radius 1 is 1.14 bits per heavy atom. The number of likely N-dealkylation sites (N-methyl/N-ethyl adjacent to an activating group) is 1. The maximum atomic E-state index is 12.2. The Balaban J connectivity index is 4.54. The van der Waals surface area contributed by atoms with E-state index in [0.29, 0.717) is 4.48 Å². The fourth-order valence-corrected chi connectivity index (χ4v) is 2.46. The molecule has 0 amide bonds. The summed E-state index contributed by atoms with van der Waals surface area (Å²) in [5.74, 6) is -1.98. The van der Waals surface area contributed by atoms with Gasteiger partial charge in [-0.05, 0) is 18.9 Å². The summed E-state index contributed by atoms with van der Waals surface area (Å²) in [6.45, 7) is 2.19. The predicted molar refractivity (Wildman–Crippen MR) is 85.0 cm³/mol. The minimum atomic E-state index is -1.91. The van der Waals surface area contributed by atoms with Crippen molar-refractivity contribution < 1.29 is 24.3 Å². The minimum Gasteiger partial charge on any atom is -0.550 e. The second kappa shape index (κ2) is 9.74. The van der Waals surface area contributed by atoms with Crippen LogP contribution in [-0.2, 0) is 9.59 Å². The number of ketones is 1. The van der Waals surface area contributed by atoms with Gasteiger partial charge in [-0.15, -0.1) is 0 Å². The van der Waals surface area contributed by atoms with Crippen molar-refractivity contribution >= 4 is 11.8 Å². The number of unbranched alkanes of at least 4 members (excludes halogenated alkanes) is 5. The number of aliphatic carboxylic acids is 1. The van der Waals surface area contributed by atoms with Crippen LogP contribution in [0.5, 0.6) is 0 Å². The highest BCUT2D eigenvalue weighted by molar-refractivity contribution is 5.99. The molecule has 0 aromatic carbocycles. The van der Waals surface area contributed by atoms with Crippen molar-refractivity contribution in [3.05, 3.63) is 12.2 Å². The maximum absolute atomic E-state index is 12.2. The molecule has 0 saturated heterocycles. The van der Waals surface area contributed by atoms with E-state index in [1.54, 1.807) is 27.2 Å². The Morgan fingerprint density at radius 3 is 2.23 bits per heavy atom. The van der Waals surface area contributed by atoms with Gasteiger partial charge >= 0.3 is 0 Å². The van der Waals surface area contributed by atoms with E-state index in [4.69, 9.17) is 0 Å². The summed E-state index contributed by atoms with van der Waals surface area (Å²) in [6.07, 6.45) is 8.85. The zero-order chi connectivity index (χ0) is 17.2. The number of hydrogen-bond acceptors (Lipinski definition) is 4. The number of carboxylic acids is 1. The van der Waals surface area contributed by atoms with Crippen LogP contribution in [0.25, 0.3) is 0 Å². The topological polar surface area (TPSA) is 77.4 Å². The number of hydrogen-bond donors (Lipinski definition) is 1. The number of carboxylic acid groups (broad SMARTS) is 1. The minimum absolute atomic E-state index is 0.0284. The highest BCUT2D eigenvalue weighted by Gasteiger charge is 2.39. The molecule has 5 heteroatoms. The zero-order valence-corrected chi connectivity index (χ0v) is 14.4. The molecule has 0 aromatic heterocycles. The monoisotopic (exact) mass is 313 g/mol. The summed E-state index contributed by atoms with van der Waals surface area (Å²) < 4.78 is 0.292. The van der Waals surface area contributed by atoms with E-state index in [1.165, 1.54) is 25.3 Å². The summed E-state index contributed by atoms with van der Waals surface area (Å²) in [7, 11) is 5.39. The van der Waals surface area contributed by atoms with Crippen molar-refractivity contribution in [3.63, 3.8) is 0 Å². The van der Waals surface area contributed by atoms with Crippen LogP contribution in [0.2, 0.25) is 0 Å². The molecule has 0 aliphatic rings. The number of allylic oxidation sites excluding steroid dienone is 1. The SMILES string of the molecule is CCCCCCC/C=C/C(=O)C(O)(CC(=O)[O-])C[N+](C)(C)C. The third kappa shape index (κ3) is 9.68. The number of quaternary nitrogens is 1. The number of carbonyl (C=O) groups excluding carboxylic acids is 2. The molecule has 22 heavy (non-hydrogen) atoms. The smallest absolute Gasteiger partial charge is 0.193 e. The molecule has 5 nitrogen and oxygen atoms in total. The summed E-state index contributed by atoms with van der Waals surface area (Å²) >= 11 is 0. The first kappa shape index (κ1) is 20.8. The highest BCUT2D eigenvalue weighted by Crippen LogP contribution is 2.17. The molecule has 1 N–H and O–H groups in total. The van der Waals surface area contributed by atoms with E-state index in [1.807, 2.05) is 0 Å². The maximum Gasteiger partial charge on any atom is 0.193 e. The van der Waals surface area contributed by atoms with Crippen molar-refractivity contribution in [2.24, 2.45) is 0 Å². The largest absolute Gasteiger partial charge is 0.550 e. The first-order valence-corrected chi connectivity index (χ1v) is 8.04. The van der Waals surface area contributed by atoms with Crippen LogP contribution in [0.15, 0.2) is 12.2 Å². The summed E-state index contributed by atoms with van der Waals surface area (Å²) in [4.78, 5) is 23.0. The lowest BCUT2D eigenvalue weighted by atomic mass is 9.92. The van der Waals surface area contributed by atoms with Gasteiger partial charge in [0, 0.05) is 12.4 Å². The molecule has 0 radical (unpaired) electrons. The van der Waals surface area contributed by atoms with Gasteiger partial charge in [0.05, 0.1) is 21.1 Å². The Bertz CT molecular complexity index is 385. The molecule has 0 heterocycles. The molecule has 128 valence electrons. The third-order valence-electron chi connectivity index (χ3n) is 3.37. The lowest BCUT2D eigenvalue weighted by Crippen LogP contribution is -2.55. The van der Waals surface area contributed by atoms with Gasteiger partial charge in [-0.25, -0.2) is 0 Å². The average Bonchev–Trinajstić information content (AvgIpc) is 2.34. The van der Waals surface area contributed by atoms with Crippen LogP contribution in [-0.4, -0.2) is 54.6 Å². The average molecular weight is 313 g/mol. The Morgan fingerprint density at radius 2 is 1.73 bits per heavy atom. The van der Waals surface area contributed by atoms with E-state index < -0.39 is 23.8 Å². The van der Waals surface area contributed by atoms with Crippen LogP contribution in [0.4, 0.5) is 0 Å². The van der Waals surface area contributed by atoms with Gasteiger partial charge < -0.3 is 19.5 Å². The first-order chi connectivity index (χ1) is 10.1. The predicted octanol–water partition coefficient (Wildman–Crippen LogP) is 1.05. The number of aliphatic hydroxyl groups is 1. The Labute approximate surface area is 134 Å². The standard InChI is InChI=1S/C17H31NO4/c1-5-6-7-8-9-10-11-12-15(19)17(22,13-16(20)21)14-18(2,3)4/h11-12,22H,5-10,13-14H2,1-4H3/b12-11+. The van der Waals surface area contributed by atoms with Crippen molar-refractivity contribution in [1.82, 2.24) is 0 Å². The highest BCUT2D eigenvalue weighted by atomic mass is 16.4. The van der Waals surface area contributed by atoms with E-state index >= 15 is 0 Å². The molecule has 1 atom stereocenters. The van der Waals surface area contributed by atoms with E-state index in [2.05, 4.69) is 6.92 Å². The quantitative estimate of drug-likeness (QED) is 0.332. The van der Waals surface area contributed by atoms with Crippen molar-refractivity contribution in [2.45, 2.75) is 57.5 Å². The fourth-order valence-electron chi connectivity index (χ4n) is 2.46. The second-order valence-electron chi connectivity index (χ2n) is 7.00. The van der Waals surface area contributed by atoms with Crippen LogP contribution in [0.3, 0.4) is 0 Å². The van der Waals surface area contributed by atoms with Gasteiger partial charge in [-0.1, -0.05) is 38.7 Å². The van der Waals surface area contributed by atoms with Gasteiger partial charge in [0.25, 0.3) is 0 Å². The molecule has 0 fully saturated rings. The Hall–Kier alpha value is -1.20. The zero-order valence-electron chi connectivity index (χ0n) is 14.4. The molecule has 0 aliphatic carbocycles. The van der Waals surface area contributed by atoms with E-state index in [9.17, 15) is 19.8 Å². The normalized spacial score (nSPS) is 15.0. The van der Waals surface area contributed by atoms with Crippen molar-refractivity contribution in [1.29, 1.82) is 0 Å². The molecular formula is C17H31NO4. The molecule has 1 unspecified atom stereocenters. The van der Waals surface area contributed by atoms with Gasteiger partial charge in [-0.3, -0.25) is 4.79 Å². The molecule has 0 spiro atoms. The van der Waals surface area contributed by atoms with Crippen LogP contribution < -0.4 is 5.11 Å². The molecule has 0 aliphatic heterocycles.